The van der Waals surface area contributed by atoms with Gasteiger partial charge in [0.15, 0.2) is 0 Å². The van der Waals surface area contributed by atoms with Crippen LogP contribution in [0.3, 0.4) is 0 Å². The summed E-state index contributed by atoms with van der Waals surface area (Å²) in [5.41, 5.74) is 6.18. The van der Waals surface area contributed by atoms with E-state index in [0.29, 0.717) is 0 Å². The van der Waals surface area contributed by atoms with E-state index in [-0.39, 0.29) is 18.3 Å². The Morgan fingerprint density at radius 1 is 1.11 bits per heavy atom. The summed E-state index contributed by atoms with van der Waals surface area (Å²) in [6.45, 7) is 4.25. The zero-order chi connectivity index (χ0) is 19.8. The van der Waals surface area contributed by atoms with E-state index in [1.54, 1.807) is 18.3 Å². The van der Waals surface area contributed by atoms with Crippen molar-refractivity contribution in [1.82, 2.24) is 19.2 Å². The van der Waals surface area contributed by atoms with E-state index in [1.165, 1.54) is 12.1 Å². The van der Waals surface area contributed by atoms with Gasteiger partial charge in [0.1, 0.15) is 18.0 Å². The highest BCUT2D eigenvalue weighted by atomic mass is 19.1. The molecule has 0 radical (unpaired) electrons. The van der Waals surface area contributed by atoms with Gasteiger partial charge in [-0.3, -0.25) is 4.68 Å². The Kier molecular flexibility index (Phi) is 4.50. The minimum atomic E-state index is -0.276. The molecule has 0 atom stereocenters. The van der Waals surface area contributed by atoms with Crippen LogP contribution < -0.4 is 0 Å². The maximum absolute atomic E-state index is 13.4. The lowest BCUT2D eigenvalue weighted by molar-refractivity contribution is 0.628. The second-order valence-electron chi connectivity index (χ2n) is 7.08. The molecule has 3 aromatic heterocycles. The number of nitroso groups, excluding NO2 is 1. The van der Waals surface area contributed by atoms with Crippen LogP contribution in [0.2, 0.25) is 0 Å². The lowest BCUT2D eigenvalue weighted by Crippen LogP contribution is -1.96. The van der Waals surface area contributed by atoms with E-state index in [1.807, 2.05) is 34.5 Å². The molecule has 28 heavy (non-hydrogen) atoms. The largest absolute Gasteiger partial charge is 0.301 e. The summed E-state index contributed by atoms with van der Waals surface area (Å²) in [5, 5.41) is 7.73. The third-order valence-electron chi connectivity index (χ3n) is 4.84. The molecule has 142 valence electrons. The highest BCUT2D eigenvalue weighted by Gasteiger charge is 2.22. The number of rotatable bonds is 5. The van der Waals surface area contributed by atoms with Gasteiger partial charge >= 0.3 is 0 Å². The molecule has 7 heteroatoms. The molecule has 0 saturated heterocycles. The smallest absolute Gasteiger partial charge is 0.136 e. The second-order valence-corrected chi connectivity index (χ2v) is 7.08. The van der Waals surface area contributed by atoms with E-state index in [2.05, 4.69) is 24.0 Å². The van der Waals surface area contributed by atoms with E-state index < -0.39 is 0 Å². The van der Waals surface area contributed by atoms with Crippen LogP contribution in [-0.4, -0.2) is 19.2 Å². The van der Waals surface area contributed by atoms with Gasteiger partial charge in [0, 0.05) is 29.9 Å². The van der Waals surface area contributed by atoms with E-state index >= 15 is 0 Å². The minimum Gasteiger partial charge on any atom is -0.301 e. The van der Waals surface area contributed by atoms with Crippen LogP contribution in [0.1, 0.15) is 31.2 Å². The van der Waals surface area contributed by atoms with Gasteiger partial charge in [-0.05, 0) is 42.3 Å². The topological polar surface area (TPSA) is 64.5 Å². The first kappa shape index (κ1) is 18.0. The molecule has 0 fully saturated rings. The Bertz CT molecular complexity index is 1160. The standard InChI is InChI=1S/C21H20FN5O/c1-13(2)20-19(21(26(3)25-20)14-4-7-16(22)8-5-14)15-6-9-18-23-10-17(11-24-28)27(18)12-15/h4-10,12-13H,11H2,1-3H3. The SMILES string of the molecule is CC(C)c1nn(C)c(-c2ccc(F)cc2)c1-c1ccc2ncc(CN=O)n2c1. The average molecular weight is 377 g/mol. The Labute approximate surface area is 161 Å². The molecule has 0 amide bonds. The number of halogens is 1. The van der Waals surface area contributed by atoms with Crippen LogP contribution in [0.5, 0.6) is 0 Å². The zero-order valence-electron chi connectivity index (χ0n) is 15.9. The van der Waals surface area contributed by atoms with Crippen molar-refractivity contribution in [2.75, 3.05) is 0 Å². The highest BCUT2D eigenvalue weighted by molar-refractivity contribution is 5.83. The molecule has 0 aliphatic carbocycles. The highest BCUT2D eigenvalue weighted by Crippen LogP contribution is 2.38. The third kappa shape index (κ3) is 2.98. The molecular weight excluding hydrogens is 357 g/mol. The molecule has 0 bridgehead atoms. The van der Waals surface area contributed by atoms with Crippen molar-refractivity contribution in [3.05, 3.63) is 70.9 Å². The summed E-state index contributed by atoms with van der Waals surface area (Å²) in [4.78, 5) is 15.1. The number of nitrogens with zero attached hydrogens (tertiary/aromatic N) is 5. The number of benzene rings is 1. The Morgan fingerprint density at radius 3 is 2.50 bits per heavy atom. The number of aromatic nitrogens is 4. The fourth-order valence-corrected chi connectivity index (χ4v) is 3.53. The normalized spacial score (nSPS) is 11.5. The molecule has 1 aromatic carbocycles. The van der Waals surface area contributed by atoms with Gasteiger partial charge in [0.25, 0.3) is 0 Å². The number of pyridine rings is 1. The summed E-state index contributed by atoms with van der Waals surface area (Å²) in [6.07, 6.45) is 3.62. The zero-order valence-corrected chi connectivity index (χ0v) is 15.9. The van der Waals surface area contributed by atoms with Crippen molar-refractivity contribution in [3.8, 4) is 22.4 Å². The fourth-order valence-electron chi connectivity index (χ4n) is 3.53. The first-order valence-corrected chi connectivity index (χ1v) is 9.08. The van der Waals surface area contributed by atoms with Crippen molar-refractivity contribution in [2.45, 2.75) is 26.3 Å². The Morgan fingerprint density at radius 2 is 1.82 bits per heavy atom. The van der Waals surface area contributed by atoms with Crippen molar-refractivity contribution >= 4 is 5.65 Å². The van der Waals surface area contributed by atoms with Crippen LogP contribution in [0.4, 0.5) is 4.39 Å². The van der Waals surface area contributed by atoms with Gasteiger partial charge in [-0.15, -0.1) is 0 Å². The molecule has 0 spiro atoms. The number of fused-ring (bicyclic) bond motifs is 1. The molecule has 0 saturated carbocycles. The summed E-state index contributed by atoms with van der Waals surface area (Å²) in [5.74, 6) is -0.0765. The van der Waals surface area contributed by atoms with Crippen molar-refractivity contribution in [1.29, 1.82) is 0 Å². The molecule has 0 aliphatic heterocycles. The first-order chi connectivity index (χ1) is 13.5. The monoisotopic (exact) mass is 377 g/mol. The number of hydrogen-bond acceptors (Lipinski definition) is 4. The van der Waals surface area contributed by atoms with E-state index in [4.69, 9.17) is 5.10 Å². The lowest BCUT2D eigenvalue weighted by atomic mass is 9.95. The lowest BCUT2D eigenvalue weighted by Gasteiger charge is -2.11. The van der Waals surface area contributed by atoms with Crippen LogP contribution in [0, 0.1) is 10.7 Å². The molecule has 0 N–H and O–H groups in total. The predicted molar refractivity (Wildman–Crippen MR) is 106 cm³/mol. The second kappa shape index (κ2) is 6.99. The van der Waals surface area contributed by atoms with Gasteiger partial charge in [0.2, 0.25) is 0 Å². The van der Waals surface area contributed by atoms with Gasteiger partial charge in [0.05, 0.1) is 23.3 Å². The third-order valence-corrected chi connectivity index (χ3v) is 4.84. The summed E-state index contributed by atoms with van der Waals surface area (Å²) < 4.78 is 17.2. The maximum Gasteiger partial charge on any atom is 0.136 e. The van der Waals surface area contributed by atoms with Gasteiger partial charge < -0.3 is 4.40 Å². The number of hydrogen-bond donors (Lipinski definition) is 0. The van der Waals surface area contributed by atoms with Crippen molar-refractivity contribution in [3.63, 3.8) is 0 Å². The van der Waals surface area contributed by atoms with Crippen LogP contribution in [-0.2, 0) is 13.6 Å². The van der Waals surface area contributed by atoms with Crippen molar-refractivity contribution in [2.24, 2.45) is 12.2 Å². The quantitative estimate of drug-likeness (QED) is 0.463. The molecule has 6 nitrogen and oxygen atoms in total. The molecule has 0 unspecified atom stereocenters. The van der Waals surface area contributed by atoms with Crippen LogP contribution in [0.25, 0.3) is 28.0 Å². The molecule has 4 aromatic rings. The van der Waals surface area contributed by atoms with Crippen LogP contribution in [0.15, 0.2) is 54.0 Å². The van der Waals surface area contributed by atoms with Gasteiger partial charge in [-0.2, -0.15) is 10.0 Å². The number of imidazole rings is 1. The summed E-state index contributed by atoms with van der Waals surface area (Å²) in [7, 11) is 1.89. The molecular formula is C21H20FN5O. The van der Waals surface area contributed by atoms with E-state index in [0.717, 1.165) is 39.4 Å². The Hall–Kier alpha value is -3.35. The summed E-state index contributed by atoms with van der Waals surface area (Å²) >= 11 is 0. The van der Waals surface area contributed by atoms with Gasteiger partial charge in [-0.25, -0.2) is 9.37 Å². The minimum absolute atomic E-state index is 0.0551. The maximum atomic E-state index is 13.4. The number of aryl methyl sites for hydroxylation is 1. The van der Waals surface area contributed by atoms with Crippen LogP contribution >= 0.6 is 0 Å². The molecule has 3 heterocycles. The van der Waals surface area contributed by atoms with Gasteiger partial charge in [-0.1, -0.05) is 19.0 Å². The van der Waals surface area contributed by atoms with E-state index in [9.17, 15) is 9.30 Å². The molecule has 0 aliphatic rings. The fraction of sp³-hybridized carbons (Fsp3) is 0.238. The molecule has 4 rings (SSSR count). The van der Waals surface area contributed by atoms with Crippen molar-refractivity contribution < 1.29 is 4.39 Å². The first-order valence-electron chi connectivity index (χ1n) is 9.08. The average Bonchev–Trinajstić information content (AvgIpc) is 3.23. The Balaban J connectivity index is 1.98. The summed E-state index contributed by atoms with van der Waals surface area (Å²) in [6, 6.07) is 10.3. The predicted octanol–water partition coefficient (Wildman–Crippen LogP) is 4.93.